The highest BCUT2D eigenvalue weighted by Gasteiger charge is 2.02. The van der Waals surface area contributed by atoms with E-state index in [0.717, 1.165) is 5.56 Å². The molecular formula is C8H11FNP. The Morgan fingerprint density at radius 1 is 1.55 bits per heavy atom. The van der Waals surface area contributed by atoms with Gasteiger partial charge in [-0.2, -0.15) is 4.39 Å². The van der Waals surface area contributed by atoms with Crippen molar-refractivity contribution in [1.82, 2.24) is 4.98 Å². The van der Waals surface area contributed by atoms with Gasteiger partial charge in [-0.3, -0.25) is 0 Å². The second kappa shape index (κ2) is 3.27. The second-order valence-electron chi connectivity index (χ2n) is 2.80. The maximum atomic E-state index is 12.6. The van der Waals surface area contributed by atoms with Gasteiger partial charge in [-0.05, 0) is 17.5 Å². The highest BCUT2D eigenvalue weighted by atomic mass is 31.0. The summed E-state index contributed by atoms with van der Waals surface area (Å²) in [6, 6.07) is 1.80. The summed E-state index contributed by atoms with van der Waals surface area (Å²) in [5, 5.41) is 0.538. The first-order valence-electron chi connectivity index (χ1n) is 3.52. The Morgan fingerprint density at radius 3 is 2.64 bits per heavy atom. The molecule has 3 heteroatoms. The van der Waals surface area contributed by atoms with Gasteiger partial charge in [-0.25, -0.2) is 4.98 Å². The highest BCUT2D eigenvalue weighted by molar-refractivity contribution is 7.27. The molecule has 0 aliphatic rings. The third-order valence-corrected chi connectivity index (χ3v) is 1.96. The number of pyridine rings is 1. The molecule has 0 saturated heterocycles. The number of hydrogen-bond acceptors (Lipinski definition) is 1. The van der Waals surface area contributed by atoms with Crippen molar-refractivity contribution in [3.05, 3.63) is 23.8 Å². The fourth-order valence-electron chi connectivity index (χ4n) is 0.798. The molecule has 1 rings (SSSR count). The van der Waals surface area contributed by atoms with Crippen LogP contribution in [-0.4, -0.2) is 4.98 Å². The van der Waals surface area contributed by atoms with Crippen molar-refractivity contribution in [3.8, 4) is 0 Å². The largest absolute Gasteiger partial charge is 0.227 e. The fourth-order valence-corrected chi connectivity index (χ4v) is 1.06. The summed E-state index contributed by atoms with van der Waals surface area (Å²) in [7, 11) is 2.33. The fraction of sp³-hybridized carbons (Fsp3) is 0.375. The summed E-state index contributed by atoms with van der Waals surface area (Å²) in [4.78, 5) is 3.61. The Bertz CT molecular complexity index is 260. The lowest BCUT2D eigenvalue weighted by Gasteiger charge is -2.04. The van der Waals surface area contributed by atoms with E-state index in [1.807, 2.05) is 0 Å². The van der Waals surface area contributed by atoms with E-state index < -0.39 is 5.95 Å². The third kappa shape index (κ3) is 1.97. The van der Waals surface area contributed by atoms with Crippen LogP contribution in [0.2, 0.25) is 0 Å². The molecule has 1 unspecified atom stereocenters. The molecule has 0 saturated carbocycles. The minimum atomic E-state index is -0.403. The lowest BCUT2D eigenvalue weighted by Crippen LogP contribution is -2.04. The highest BCUT2D eigenvalue weighted by Crippen LogP contribution is 2.12. The molecule has 1 atom stereocenters. The number of hydrogen-bond donors (Lipinski definition) is 0. The maximum Gasteiger partial charge on any atom is 0.220 e. The van der Waals surface area contributed by atoms with E-state index in [4.69, 9.17) is 0 Å². The summed E-state index contributed by atoms with van der Waals surface area (Å²) >= 11 is 0. The maximum absolute atomic E-state index is 12.6. The third-order valence-electron chi connectivity index (χ3n) is 1.55. The molecule has 11 heavy (non-hydrogen) atoms. The SMILES string of the molecule is CC(C)c1cnc(F)c(P)c1. The smallest absolute Gasteiger partial charge is 0.220 e. The van der Waals surface area contributed by atoms with E-state index in [9.17, 15) is 4.39 Å². The number of halogens is 1. The van der Waals surface area contributed by atoms with Crippen LogP contribution in [0, 0.1) is 5.95 Å². The first kappa shape index (κ1) is 8.61. The standard InChI is InChI=1S/C8H11FNP/c1-5(2)6-3-7(11)8(9)10-4-6/h3-5H,11H2,1-2H3. The summed E-state index contributed by atoms with van der Waals surface area (Å²) in [5.41, 5.74) is 1.07. The van der Waals surface area contributed by atoms with Crippen LogP contribution in [-0.2, 0) is 0 Å². The molecule has 0 bridgehead atoms. The molecule has 0 aliphatic carbocycles. The Hall–Kier alpha value is -0.490. The van der Waals surface area contributed by atoms with E-state index in [1.54, 1.807) is 12.3 Å². The molecule has 1 aromatic heterocycles. The van der Waals surface area contributed by atoms with Crippen LogP contribution in [0.15, 0.2) is 12.3 Å². The molecule has 0 aromatic carbocycles. The zero-order valence-corrected chi connectivity index (χ0v) is 7.79. The topological polar surface area (TPSA) is 12.9 Å². The molecule has 1 aromatic rings. The van der Waals surface area contributed by atoms with Gasteiger partial charge in [-0.15, -0.1) is 9.24 Å². The first-order chi connectivity index (χ1) is 5.11. The van der Waals surface area contributed by atoms with E-state index in [2.05, 4.69) is 28.1 Å². The Kier molecular flexibility index (Phi) is 2.56. The lowest BCUT2D eigenvalue weighted by atomic mass is 10.1. The van der Waals surface area contributed by atoms with E-state index >= 15 is 0 Å². The van der Waals surface area contributed by atoms with Crippen LogP contribution >= 0.6 is 9.24 Å². The van der Waals surface area contributed by atoms with Crippen molar-refractivity contribution in [2.24, 2.45) is 0 Å². The first-order valence-corrected chi connectivity index (χ1v) is 4.10. The van der Waals surface area contributed by atoms with Crippen LogP contribution < -0.4 is 5.30 Å². The predicted octanol–water partition coefficient (Wildman–Crippen LogP) is 1.84. The van der Waals surface area contributed by atoms with Crippen molar-refractivity contribution < 1.29 is 4.39 Å². The van der Waals surface area contributed by atoms with Gasteiger partial charge in [0.15, 0.2) is 0 Å². The van der Waals surface area contributed by atoms with Gasteiger partial charge < -0.3 is 0 Å². The molecule has 0 spiro atoms. The van der Waals surface area contributed by atoms with Gasteiger partial charge in [0.05, 0.1) is 0 Å². The normalized spacial score (nSPS) is 10.6. The molecule has 0 aliphatic heterocycles. The Balaban J connectivity index is 3.05. The molecule has 0 N–H and O–H groups in total. The molecule has 1 nitrogen and oxygen atoms in total. The van der Waals surface area contributed by atoms with Crippen molar-refractivity contribution in [2.45, 2.75) is 19.8 Å². The van der Waals surface area contributed by atoms with Crippen molar-refractivity contribution in [3.63, 3.8) is 0 Å². The van der Waals surface area contributed by atoms with Crippen molar-refractivity contribution in [1.29, 1.82) is 0 Å². The molecule has 60 valence electrons. The minimum Gasteiger partial charge on any atom is -0.227 e. The van der Waals surface area contributed by atoms with Crippen molar-refractivity contribution in [2.75, 3.05) is 0 Å². The zero-order chi connectivity index (χ0) is 8.43. The van der Waals surface area contributed by atoms with Gasteiger partial charge in [0.25, 0.3) is 0 Å². The van der Waals surface area contributed by atoms with Crippen LogP contribution in [0.3, 0.4) is 0 Å². The number of nitrogens with zero attached hydrogens (tertiary/aromatic N) is 1. The van der Waals surface area contributed by atoms with Gasteiger partial charge in [0.2, 0.25) is 5.95 Å². The van der Waals surface area contributed by atoms with Crippen LogP contribution in [0.25, 0.3) is 0 Å². The van der Waals surface area contributed by atoms with Gasteiger partial charge in [0.1, 0.15) is 0 Å². The van der Waals surface area contributed by atoms with E-state index in [0.29, 0.717) is 11.2 Å². The molecule has 0 radical (unpaired) electrons. The quantitative estimate of drug-likeness (QED) is 0.464. The second-order valence-corrected chi connectivity index (χ2v) is 3.43. The molecule has 0 fully saturated rings. The monoisotopic (exact) mass is 171 g/mol. The minimum absolute atomic E-state index is 0.403. The average molecular weight is 171 g/mol. The summed E-state index contributed by atoms with van der Waals surface area (Å²) in [5.74, 6) is 0.00167. The van der Waals surface area contributed by atoms with E-state index in [1.165, 1.54) is 0 Å². The van der Waals surface area contributed by atoms with Crippen LogP contribution in [0.4, 0.5) is 4.39 Å². The Labute approximate surface area is 68.2 Å². The van der Waals surface area contributed by atoms with Gasteiger partial charge in [-0.1, -0.05) is 13.8 Å². The average Bonchev–Trinajstić information content (AvgIpc) is 1.94. The molecular weight excluding hydrogens is 160 g/mol. The van der Waals surface area contributed by atoms with Gasteiger partial charge >= 0.3 is 0 Å². The summed E-state index contributed by atoms with van der Waals surface area (Å²) < 4.78 is 12.6. The number of rotatable bonds is 1. The van der Waals surface area contributed by atoms with Crippen LogP contribution in [0.1, 0.15) is 25.3 Å². The summed E-state index contributed by atoms with van der Waals surface area (Å²) in [6.45, 7) is 4.11. The van der Waals surface area contributed by atoms with Crippen molar-refractivity contribution >= 4 is 14.5 Å². The molecule has 1 heterocycles. The van der Waals surface area contributed by atoms with Crippen LogP contribution in [0.5, 0.6) is 0 Å². The number of aromatic nitrogens is 1. The Morgan fingerprint density at radius 2 is 2.18 bits per heavy atom. The summed E-state index contributed by atoms with van der Waals surface area (Å²) in [6.07, 6.45) is 1.58. The zero-order valence-electron chi connectivity index (χ0n) is 6.63. The van der Waals surface area contributed by atoms with E-state index in [-0.39, 0.29) is 0 Å². The lowest BCUT2D eigenvalue weighted by molar-refractivity contribution is 0.590. The van der Waals surface area contributed by atoms with Gasteiger partial charge in [0, 0.05) is 11.5 Å². The predicted molar refractivity (Wildman–Crippen MR) is 47.6 cm³/mol. The molecule has 0 amide bonds.